The van der Waals surface area contributed by atoms with Crippen LogP contribution in [0.25, 0.3) is 5.52 Å². The van der Waals surface area contributed by atoms with Gasteiger partial charge in [0, 0.05) is 11.8 Å². The van der Waals surface area contributed by atoms with Crippen molar-refractivity contribution in [2.75, 3.05) is 0 Å². The van der Waals surface area contributed by atoms with E-state index in [2.05, 4.69) is 31.9 Å². The minimum absolute atomic E-state index is 0.0793. The first-order chi connectivity index (χ1) is 7.02. The molecule has 0 bridgehead atoms. The SMILES string of the molecule is CC(C)(C)c1cnn2cc(C#N)ccc12. The van der Waals surface area contributed by atoms with Crippen LogP contribution in [-0.2, 0) is 5.41 Å². The molecule has 15 heavy (non-hydrogen) atoms. The predicted molar refractivity (Wildman–Crippen MR) is 58.6 cm³/mol. The average Bonchev–Trinajstić information content (AvgIpc) is 2.59. The van der Waals surface area contributed by atoms with Crippen molar-refractivity contribution in [3.05, 3.63) is 35.7 Å². The number of pyridine rings is 1. The fourth-order valence-corrected chi connectivity index (χ4v) is 1.63. The van der Waals surface area contributed by atoms with Crippen molar-refractivity contribution in [3.63, 3.8) is 0 Å². The number of aromatic nitrogens is 2. The number of hydrogen-bond acceptors (Lipinski definition) is 2. The number of rotatable bonds is 0. The Morgan fingerprint density at radius 3 is 2.67 bits per heavy atom. The van der Waals surface area contributed by atoms with E-state index in [9.17, 15) is 0 Å². The maximum absolute atomic E-state index is 8.77. The maximum Gasteiger partial charge on any atom is 0.101 e. The van der Waals surface area contributed by atoms with Gasteiger partial charge in [0.15, 0.2) is 0 Å². The van der Waals surface area contributed by atoms with E-state index in [0.29, 0.717) is 5.56 Å². The van der Waals surface area contributed by atoms with Gasteiger partial charge in [0.25, 0.3) is 0 Å². The summed E-state index contributed by atoms with van der Waals surface area (Å²) < 4.78 is 1.76. The van der Waals surface area contributed by atoms with Crippen molar-refractivity contribution in [2.24, 2.45) is 0 Å². The Kier molecular flexibility index (Phi) is 2.01. The van der Waals surface area contributed by atoms with Crippen LogP contribution in [0.15, 0.2) is 24.5 Å². The molecule has 2 rings (SSSR count). The van der Waals surface area contributed by atoms with Gasteiger partial charge in [-0.15, -0.1) is 0 Å². The van der Waals surface area contributed by atoms with E-state index in [1.807, 2.05) is 18.3 Å². The molecule has 2 aromatic heterocycles. The van der Waals surface area contributed by atoms with Crippen LogP contribution in [0.5, 0.6) is 0 Å². The van der Waals surface area contributed by atoms with Gasteiger partial charge in [-0.3, -0.25) is 0 Å². The minimum Gasteiger partial charge on any atom is -0.239 e. The molecule has 3 heteroatoms. The third kappa shape index (κ3) is 1.59. The topological polar surface area (TPSA) is 41.1 Å². The molecule has 2 heterocycles. The van der Waals surface area contributed by atoms with Gasteiger partial charge in [-0.2, -0.15) is 10.4 Å². The van der Waals surface area contributed by atoms with Gasteiger partial charge >= 0.3 is 0 Å². The summed E-state index contributed by atoms with van der Waals surface area (Å²) in [6, 6.07) is 5.88. The van der Waals surface area contributed by atoms with Crippen LogP contribution in [-0.4, -0.2) is 9.61 Å². The molecule has 0 amide bonds. The Morgan fingerprint density at radius 1 is 1.33 bits per heavy atom. The number of hydrogen-bond donors (Lipinski definition) is 0. The van der Waals surface area contributed by atoms with Crippen molar-refractivity contribution >= 4 is 5.52 Å². The van der Waals surface area contributed by atoms with E-state index in [1.165, 1.54) is 5.56 Å². The lowest BCUT2D eigenvalue weighted by Gasteiger charge is -2.16. The molecule has 0 aliphatic carbocycles. The van der Waals surface area contributed by atoms with Crippen LogP contribution in [0, 0.1) is 11.3 Å². The maximum atomic E-state index is 8.77. The molecule has 0 aromatic carbocycles. The first-order valence-electron chi connectivity index (χ1n) is 4.90. The molecule has 2 aromatic rings. The Balaban J connectivity index is 2.69. The summed E-state index contributed by atoms with van der Waals surface area (Å²) in [5, 5.41) is 13.0. The van der Waals surface area contributed by atoms with Crippen molar-refractivity contribution < 1.29 is 0 Å². The van der Waals surface area contributed by atoms with Crippen LogP contribution >= 0.6 is 0 Å². The summed E-state index contributed by atoms with van der Waals surface area (Å²) >= 11 is 0. The first-order valence-corrected chi connectivity index (χ1v) is 4.90. The zero-order chi connectivity index (χ0) is 11.1. The highest BCUT2D eigenvalue weighted by Crippen LogP contribution is 2.26. The number of nitriles is 1. The normalized spacial score (nSPS) is 11.6. The Labute approximate surface area is 89.0 Å². The van der Waals surface area contributed by atoms with Gasteiger partial charge in [-0.05, 0) is 17.5 Å². The zero-order valence-corrected chi connectivity index (χ0v) is 9.15. The van der Waals surface area contributed by atoms with E-state index < -0.39 is 0 Å². The molecule has 0 spiro atoms. The van der Waals surface area contributed by atoms with Crippen molar-refractivity contribution in [1.29, 1.82) is 5.26 Å². The van der Waals surface area contributed by atoms with E-state index in [0.717, 1.165) is 5.52 Å². The molecule has 0 unspecified atom stereocenters. The molecule has 3 nitrogen and oxygen atoms in total. The van der Waals surface area contributed by atoms with Gasteiger partial charge in [-0.25, -0.2) is 4.52 Å². The largest absolute Gasteiger partial charge is 0.239 e. The van der Waals surface area contributed by atoms with Crippen LogP contribution in [0.4, 0.5) is 0 Å². The fraction of sp³-hybridized carbons (Fsp3) is 0.333. The minimum atomic E-state index is 0.0793. The molecule has 0 atom stereocenters. The van der Waals surface area contributed by atoms with Gasteiger partial charge in [0.05, 0.1) is 17.3 Å². The second kappa shape index (κ2) is 3.09. The van der Waals surface area contributed by atoms with Crippen molar-refractivity contribution in [2.45, 2.75) is 26.2 Å². The summed E-state index contributed by atoms with van der Waals surface area (Å²) in [6.07, 6.45) is 3.63. The second-order valence-corrected chi connectivity index (χ2v) is 4.67. The lowest BCUT2D eigenvalue weighted by molar-refractivity contribution is 0.595. The molecule has 0 aliphatic rings. The predicted octanol–water partition coefficient (Wildman–Crippen LogP) is 2.50. The van der Waals surface area contributed by atoms with Crippen LogP contribution < -0.4 is 0 Å². The van der Waals surface area contributed by atoms with E-state index >= 15 is 0 Å². The third-order valence-electron chi connectivity index (χ3n) is 2.45. The van der Waals surface area contributed by atoms with Gasteiger partial charge in [0.1, 0.15) is 6.07 Å². The van der Waals surface area contributed by atoms with Crippen molar-refractivity contribution in [3.8, 4) is 6.07 Å². The number of nitrogens with zero attached hydrogens (tertiary/aromatic N) is 3. The fourth-order valence-electron chi connectivity index (χ4n) is 1.63. The summed E-state index contributed by atoms with van der Waals surface area (Å²) in [6.45, 7) is 6.46. The Bertz CT molecular complexity index is 538. The van der Waals surface area contributed by atoms with Gasteiger partial charge < -0.3 is 0 Å². The summed E-state index contributed by atoms with van der Waals surface area (Å²) in [4.78, 5) is 0. The highest BCUT2D eigenvalue weighted by molar-refractivity contribution is 5.57. The van der Waals surface area contributed by atoms with Gasteiger partial charge in [0.2, 0.25) is 0 Å². The molecule has 0 fully saturated rings. The smallest absolute Gasteiger partial charge is 0.101 e. The molecular weight excluding hydrogens is 186 g/mol. The quantitative estimate of drug-likeness (QED) is 0.654. The molecule has 0 saturated carbocycles. The molecular formula is C12H13N3. The van der Waals surface area contributed by atoms with Crippen molar-refractivity contribution in [1.82, 2.24) is 9.61 Å². The second-order valence-electron chi connectivity index (χ2n) is 4.67. The molecule has 0 aliphatic heterocycles. The lowest BCUT2D eigenvalue weighted by atomic mass is 9.88. The average molecular weight is 199 g/mol. The summed E-state index contributed by atoms with van der Waals surface area (Å²) in [5.74, 6) is 0. The zero-order valence-electron chi connectivity index (χ0n) is 9.15. The Morgan fingerprint density at radius 2 is 2.07 bits per heavy atom. The van der Waals surface area contributed by atoms with E-state index in [-0.39, 0.29) is 5.41 Å². The molecule has 0 radical (unpaired) electrons. The van der Waals surface area contributed by atoms with Crippen LogP contribution in [0.2, 0.25) is 0 Å². The highest BCUT2D eigenvalue weighted by Gasteiger charge is 2.18. The third-order valence-corrected chi connectivity index (χ3v) is 2.45. The lowest BCUT2D eigenvalue weighted by Crippen LogP contribution is -2.10. The van der Waals surface area contributed by atoms with Gasteiger partial charge in [-0.1, -0.05) is 20.8 Å². The highest BCUT2D eigenvalue weighted by atomic mass is 15.2. The van der Waals surface area contributed by atoms with Crippen LogP contribution in [0.1, 0.15) is 31.9 Å². The molecule has 76 valence electrons. The first kappa shape index (κ1) is 9.72. The van der Waals surface area contributed by atoms with E-state index in [4.69, 9.17) is 5.26 Å². The standard InChI is InChI=1S/C12H13N3/c1-12(2,3)10-7-14-15-8-9(6-13)4-5-11(10)15/h4-5,7-8H,1-3H3. The number of fused-ring (bicyclic) bond motifs is 1. The monoisotopic (exact) mass is 199 g/mol. The summed E-state index contributed by atoms with van der Waals surface area (Å²) in [7, 11) is 0. The molecule has 0 N–H and O–H groups in total. The van der Waals surface area contributed by atoms with Crippen LogP contribution in [0.3, 0.4) is 0 Å². The van der Waals surface area contributed by atoms with E-state index in [1.54, 1.807) is 10.7 Å². The Hall–Kier alpha value is -1.82. The molecule has 0 saturated heterocycles. The summed E-state index contributed by atoms with van der Waals surface area (Å²) in [5.41, 5.74) is 2.98.